The van der Waals surface area contributed by atoms with Crippen LogP contribution in [-0.2, 0) is 9.53 Å². The molecule has 2 aromatic rings. The highest BCUT2D eigenvalue weighted by Gasteiger charge is 2.13. The van der Waals surface area contributed by atoms with Crippen LogP contribution < -0.4 is 14.8 Å². The predicted molar refractivity (Wildman–Crippen MR) is 92.8 cm³/mol. The van der Waals surface area contributed by atoms with Crippen LogP contribution in [-0.4, -0.2) is 32.7 Å². The summed E-state index contributed by atoms with van der Waals surface area (Å²) in [5, 5.41) is 2.78. The first kappa shape index (κ1) is 18.3. The number of hydrogen-bond acceptors (Lipinski definition) is 5. The van der Waals surface area contributed by atoms with Gasteiger partial charge in [-0.15, -0.1) is 0 Å². The molecule has 2 aromatic carbocycles. The van der Waals surface area contributed by atoms with E-state index >= 15 is 0 Å². The molecule has 0 fully saturated rings. The topological polar surface area (TPSA) is 73.9 Å². The van der Waals surface area contributed by atoms with Crippen molar-refractivity contribution >= 4 is 11.9 Å². The second-order valence-corrected chi connectivity index (χ2v) is 5.37. The minimum Gasteiger partial charge on any atom is -0.497 e. The van der Waals surface area contributed by atoms with Gasteiger partial charge in [-0.05, 0) is 48.9 Å². The maximum Gasteiger partial charge on any atom is 0.338 e. The number of carbonyl (C=O) groups excluding carboxylic acids is 2. The Kier molecular flexibility index (Phi) is 6.39. The van der Waals surface area contributed by atoms with E-state index < -0.39 is 5.97 Å². The van der Waals surface area contributed by atoms with Gasteiger partial charge in [0.05, 0.1) is 25.8 Å². The quantitative estimate of drug-likeness (QED) is 0.783. The number of esters is 1. The Morgan fingerprint density at radius 3 is 2.32 bits per heavy atom. The lowest BCUT2D eigenvalue weighted by molar-refractivity contribution is -0.124. The molecule has 1 unspecified atom stereocenters. The molecule has 0 aliphatic heterocycles. The molecule has 132 valence electrons. The molecule has 25 heavy (non-hydrogen) atoms. The molecule has 0 radical (unpaired) electrons. The van der Waals surface area contributed by atoms with Crippen LogP contribution in [0, 0.1) is 0 Å². The van der Waals surface area contributed by atoms with Crippen molar-refractivity contribution in [1.82, 2.24) is 5.32 Å². The number of methoxy groups -OCH3 is 2. The molecule has 2 rings (SSSR count). The number of nitrogens with one attached hydrogen (secondary N) is 1. The van der Waals surface area contributed by atoms with Crippen LogP contribution in [0.3, 0.4) is 0 Å². The van der Waals surface area contributed by atoms with E-state index in [9.17, 15) is 9.59 Å². The number of carbonyl (C=O) groups is 2. The summed E-state index contributed by atoms with van der Waals surface area (Å²) in [6, 6.07) is 13.6. The summed E-state index contributed by atoms with van der Waals surface area (Å²) >= 11 is 0. The lowest BCUT2D eigenvalue weighted by atomic mass is 10.1. The number of hydrogen-bond donors (Lipinski definition) is 1. The Bertz CT molecular complexity index is 727. The summed E-state index contributed by atoms with van der Waals surface area (Å²) < 4.78 is 15.2. The van der Waals surface area contributed by atoms with Gasteiger partial charge in [-0.3, -0.25) is 4.79 Å². The normalized spacial score (nSPS) is 11.3. The van der Waals surface area contributed by atoms with Crippen molar-refractivity contribution in [3.05, 3.63) is 59.7 Å². The molecule has 1 atom stereocenters. The summed E-state index contributed by atoms with van der Waals surface area (Å²) in [5.41, 5.74) is 1.25. The first-order valence-electron chi connectivity index (χ1n) is 7.78. The van der Waals surface area contributed by atoms with Gasteiger partial charge in [-0.25, -0.2) is 4.79 Å². The highest BCUT2D eigenvalue weighted by atomic mass is 16.5. The second kappa shape index (κ2) is 8.73. The van der Waals surface area contributed by atoms with Crippen molar-refractivity contribution in [2.75, 3.05) is 20.8 Å². The van der Waals surface area contributed by atoms with Crippen LogP contribution in [0.1, 0.15) is 28.9 Å². The molecule has 6 nitrogen and oxygen atoms in total. The van der Waals surface area contributed by atoms with Crippen LogP contribution in [0.2, 0.25) is 0 Å². The van der Waals surface area contributed by atoms with E-state index in [1.54, 1.807) is 38.5 Å². The second-order valence-electron chi connectivity index (χ2n) is 5.37. The van der Waals surface area contributed by atoms with Gasteiger partial charge in [0.25, 0.3) is 5.91 Å². The van der Waals surface area contributed by atoms with Gasteiger partial charge >= 0.3 is 5.97 Å². The van der Waals surface area contributed by atoms with Gasteiger partial charge in [0.2, 0.25) is 0 Å². The van der Waals surface area contributed by atoms with Gasteiger partial charge in [0.1, 0.15) is 11.5 Å². The highest BCUT2D eigenvalue weighted by Crippen LogP contribution is 2.18. The minimum absolute atomic E-state index is 0.234. The average Bonchev–Trinajstić information content (AvgIpc) is 2.66. The molecule has 0 bridgehead atoms. The van der Waals surface area contributed by atoms with Crippen LogP contribution in [0.4, 0.5) is 0 Å². The number of ether oxygens (including phenoxy) is 3. The van der Waals surface area contributed by atoms with E-state index in [0.717, 1.165) is 5.56 Å². The first-order chi connectivity index (χ1) is 12.0. The molecule has 6 heteroatoms. The van der Waals surface area contributed by atoms with E-state index in [1.165, 1.54) is 0 Å². The largest absolute Gasteiger partial charge is 0.497 e. The standard InChI is InChI=1S/C19H21NO5/c1-13(15-5-4-6-17(11-15)24-3)20-18(21)12-25-19(22)14-7-9-16(23-2)10-8-14/h4-11,13H,12H2,1-3H3,(H,20,21). The third kappa shape index (κ3) is 5.24. The van der Waals surface area contributed by atoms with Crippen LogP contribution in [0.25, 0.3) is 0 Å². The van der Waals surface area contributed by atoms with Gasteiger partial charge in [-0.2, -0.15) is 0 Å². The zero-order chi connectivity index (χ0) is 18.2. The van der Waals surface area contributed by atoms with Crippen molar-refractivity contribution in [2.45, 2.75) is 13.0 Å². The first-order valence-corrected chi connectivity index (χ1v) is 7.78. The monoisotopic (exact) mass is 343 g/mol. The minimum atomic E-state index is -0.563. The van der Waals surface area contributed by atoms with E-state index in [4.69, 9.17) is 14.2 Å². The summed E-state index contributed by atoms with van der Waals surface area (Å²) in [5.74, 6) is 0.412. The van der Waals surface area contributed by atoms with E-state index in [1.807, 2.05) is 31.2 Å². The van der Waals surface area contributed by atoms with Gasteiger partial charge in [0, 0.05) is 0 Å². The van der Waals surface area contributed by atoms with E-state index in [2.05, 4.69) is 5.32 Å². The van der Waals surface area contributed by atoms with Gasteiger partial charge in [0.15, 0.2) is 6.61 Å². The maximum absolute atomic E-state index is 12.0. The SMILES string of the molecule is COc1ccc(C(=O)OCC(=O)NC(C)c2cccc(OC)c2)cc1. The van der Waals surface area contributed by atoms with Crippen LogP contribution in [0.5, 0.6) is 11.5 Å². The predicted octanol–water partition coefficient (Wildman–Crippen LogP) is 2.74. The number of amides is 1. The highest BCUT2D eigenvalue weighted by molar-refractivity contribution is 5.91. The molecule has 0 aromatic heterocycles. The van der Waals surface area contributed by atoms with Crippen molar-refractivity contribution in [1.29, 1.82) is 0 Å². The summed E-state index contributed by atoms with van der Waals surface area (Å²) in [6.07, 6.45) is 0. The van der Waals surface area contributed by atoms with E-state index in [0.29, 0.717) is 17.1 Å². The fourth-order valence-corrected chi connectivity index (χ4v) is 2.22. The average molecular weight is 343 g/mol. The molecule has 1 N–H and O–H groups in total. The molecule has 0 spiro atoms. The maximum atomic E-state index is 12.0. The lowest BCUT2D eigenvalue weighted by Gasteiger charge is -2.15. The Labute approximate surface area is 146 Å². The smallest absolute Gasteiger partial charge is 0.338 e. The van der Waals surface area contributed by atoms with Crippen molar-refractivity contribution < 1.29 is 23.8 Å². The molecular weight excluding hydrogens is 322 g/mol. The zero-order valence-corrected chi connectivity index (χ0v) is 14.4. The van der Waals surface area contributed by atoms with Crippen LogP contribution in [0.15, 0.2) is 48.5 Å². The van der Waals surface area contributed by atoms with Gasteiger partial charge in [-0.1, -0.05) is 12.1 Å². The Morgan fingerprint density at radius 1 is 1.00 bits per heavy atom. The van der Waals surface area contributed by atoms with Gasteiger partial charge < -0.3 is 19.5 Å². The van der Waals surface area contributed by atoms with Crippen molar-refractivity contribution in [2.24, 2.45) is 0 Å². The molecular formula is C19H21NO5. The molecule has 0 aliphatic rings. The van der Waals surface area contributed by atoms with E-state index in [-0.39, 0.29) is 18.6 Å². The third-order valence-corrected chi connectivity index (χ3v) is 3.63. The Balaban J connectivity index is 1.85. The fraction of sp³-hybridized carbons (Fsp3) is 0.263. The number of benzene rings is 2. The molecule has 0 aliphatic carbocycles. The number of rotatable bonds is 7. The molecule has 0 heterocycles. The summed E-state index contributed by atoms with van der Waals surface area (Å²) in [7, 11) is 3.13. The Morgan fingerprint density at radius 2 is 1.68 bits per heavy atom. The zero-order valence-electron chi connectivity index (χ0n) is 14.4. The molecule has 0 saturated heterocycles. The fourth-order valence-electron chi connectivity index (χ4n) is 2.22. The van der Waals surface area contributed by atoms with Crippen LogP contribution >= 0.6 is 0 Å². The van der Waals surface area contributed by atoms with Crippen molar-refractivity contribution in [3.63, 3.8) is 0 Å². The molecule has 1 amide bonds. The Hall–Kier alpha value is -3.02. The summed E-state index contributed by atoms with van der Waals surface area (Å²) in [6.45, 7) is 1.50. The summed E-state index contributed by atoms with van der Waals surface area (Å²) in [4.78, 5) is 23.9. The lowest BCUT2D eigenvalue weighted by Crippen LogP contribution is -2.31. The van der Waals surface area contributed by atoms with Crippen molar-refractivity contribution in [3.8, 4) is 11.5 Å². The third-order valence-electron chi connectivity index (χ3n) is 3.63. The molecule has 0 saturated carbocycles.